The summed E-state index contributed by atoms with van der Waals surface area (Å²) in [4.78, 5) is 13.4. The average molecular weight is 545 g/mol. The van der Waals surface area contributed by atoms with Gasteiger partial charge in [0.15, 0.2) is 0 Å². The number of ether oxygens (including phenoxy) is 3. The van der Waals surface area contributed by atoms with Crippen LogP contribution >= 0.6 is 23.4 Å². The van der Waals surface area contributed by atoms with E-state index in [4.69, 9.17) is 25.8 Å². The lowest BCUT2D eigenvalue weighted by molar-refractivity contribution is -0.205. The first kappa shape index (κ1) is 27.9. The second kappa shape index (κ2) is 12.2. The molecule has 0 bridgehead atoms. The molecular formula is C25H37ClN2O7S. The number of benzene rings is 1. The number of rotatable bonds is 7. The van der Waals surface area contributed by atoms with Crippen LogP contribution < -0.4 is 15.4 Å². The number of carbonyl (C=O) groups excluding carboxylic acids is 1. The van der Waals surface area contributed by atoms with Crippen molar-refractivity contribution >= 4 is 29.3 Å². The molecule has 1 aromatic carbocycles. The van der Waals surface area contributed by atoms with E-state index in [1.54, 1.807) is 20.3 Å². The topological polar surface area (TPSA) is 130 Å². The molecule has 0 radical (unpaired) electrons. The third kappa shape index (κ3) is 5.81. The molecule has 9 nitrogen and oxygen atoms in total. The van der Waals surface area contributed by atoms with Crippen LogP contribution in [-0.4, -0.2) is 101 Å². The standard InChI is InChI=1S/C25H37ClN2O7S/c1-12(26)17(23-20(30)19(29)21(31)25(35-23)36-3)28-24(32)18-22-15(11-27-18)10-14(8-9-34-22)13-4-6-16(33-2)7-5-13/h4-7,12,14-15,17-23,25,27,29-31H,8-11H2,1-3H3,(H,28,32)/t12-,14-,15-,17?,18-,19?,20?,21?,22+,23+,25?/m0/s1. The van der Waals surface area contributed by atoms with Crippen molar-refractivity contribution in [1.82, 2.24) is 10.6 Å². The highest BCUT2D eigenvalue weighted by molar-refractivity contribution is 7.99. The average Bonchev–Trinajstić information content (AvgIpc) is 3.16. The molecule has 5 N–H and O–H groups in total. The van der Waals surface area contributed by atoms with Crippen LogP contribution in [0.25, 0.3) is 0 Å². The monoisotopic (exact) mass is 544 g/mol. The molecule has 0 aliphatic carbocycles. The Morgan fingerprint density at radius 2 is 1.94 bits per heavy atom. The Morgan fingerprint density at radius 1 is 1.22 bits per heavy atom. The number of halogens is 1. The number of aliphatic hydroxyl groups excluding tert-OH is 3. The number of thioether (sulfide) groups is 1. The Morgan fingerprint density at radius 3 is 2.58 bits per heavy atom. The molecule has 3 saturated heterocycles. The molecule has 4 rings (SSSR count). The lowest BCUT2D eigenvalue weighted by Gasteiger charge is -2.44. The van der Waals surface area contributed by atoms with Gasteiger partial charge in [0.1, 0.15) is 41.6 Å². The Kier molecular flexibility index (Phi) is 9.43. The summed E-state index contributed by atoms with van der Waals surface area (Å²) in [6.45, 7) is 2.89. The number of fused-ring (bicyclic) bond motifs is 1. The van der Waals surface area contributed by atoms with E-state index >= 15 is 0 Å². The van der Waals surface area contributed by atoms with Gasteiger partial charge in [0.2, 0.25) is 5.91 Å². The second-order valence-corrected chi connectivity index (χ2v) is 11.5. The van der Waals surface area contributed by atoms with E-state index in [2.05, 4.69) is 22.8 Å². The van der Waals surface area contributed by atoms with E-state index in [0.29, 0.717) is 19.1 Å². The lowest BCUT2D eigenvalue weighted by Crippen LogP contribution is -2.65. The summed E-state index contributed by atoms with van der Waals surface area (Å²) in [7, 11) is 1.65. The predicted molar refractivity (Wildman–Crippen MR) is 137 cm³/mol. The van der Waals surface area contributed by atoms with Crippen molar-refractivity contribution in [3.8, 4) is 5.75 Å². The molecule has 3 aliphatic rings. The SMILES string of the molecule is COc1ccc([C@H]2CCO[C@@H]3[C@H](CN[C@@H]3C(=O)NC([C@H]3OC(SC)C(O)C(O)C3O)[C@H](C)Cl)C2)cc1. The fourth-order valence-corrected chi connectivity index (χ4v) is 6.45. The maximum atomic E-state index is 13.4. The maximum Gasteiger partial charge on any atom is 0.240 e. The normalized spacial score (nSPS) is 38.5. The van der Waals surface area contributed by atoms with Crippen LogP contribution in [0.1, 0.15) is 31.2 Å². The first-order chi connectivity index (χ1) is 17.2. The highest BCUT2D eigenvalue weighted by atomic mass is 35.5. The lowest BCUT2D eigenvalue weighted by atomic mass is 9.85. The van der Waals surface area contributed by atoms with Gasteiger partial charge in [-0.1, -0.05) is 12.1 Å². The van der Waals surface area contributed by atoms with Crippen LogP contribution in [0, 0.1) is 5.92 Å². The number of hydrogen-bond donors (Lipinski definition) is 5. The largest absolute Gasteiger partial charge is 0.497 e. The molecule has 11 atom stereocenters. The minimum atomic E-state index is -1.41. The van der Waals surface area contributed by atoms with Crippen molar-refractivity contribution in [2.75, 3.05) is 26.5 Å². The zero-order valence-electron chi connectivity index (χ0n) is 20.7. The molecule has 202 valence electrons. The highest BCUT2D eigenvalue weighted by Crippen LogP contribution is 2.37. The molecule has 0 saturated carbocycles. The van der Waals surface area contributed by atoms with E-state index in [1.807, 2.05) is 12.1 Å². The molecule has 36 heavy (non-hydrogen) atoms. The van der Waals surface area contributed by atoms with Gasteiger partial charge >= 0.3 is 0 Å². The van der Waals surface area contributed by atoms with Gasteiger partial charge in [-0.05, 0) is 49.6 Å². The molecule has 3 heterocycles. The Hall–Kier alpha value is -1.11. The van der Waals surface area contributed by atoms with Gasteiger partial charge < -0.3 is 40.2 Å². The van der Waals surface area contributed by atoms with Crippen LogP contribution in [0.2, 0.25) is 0 Å². The molecule has 1 aromatic rings. The summed E-state index contributed by atoms with van der Waals surface area (Å²) < 4.78 is 17.3. The molecule has 5 unspecified atom stereocenters. The minimum absolute atomic E-state index is 0.164. The number of hydrogen-bond acceptors (Lipinski definition) is 9. The smallest absolute Gasteiger partial charge is 0.240 e. The van der Waals surface area contributed by atoms with Crippen molar-refractivity contribution in [3.63, 3.8) is 0 Å². The predicted octanol–water partition coefficient (Wildman–Crippen LogP) is 0.829. The van der Waals surface area contributed by atoms with Gasteiger partial charge in [0.05, 0.1) is 24.6 Å². The van der Waals surface area contributed by atoms with Crippen molar-refractivity contribution < 1.29 is 34.3 Å². The number of nitrogens with one attached hydrogen (secondary N) is 2. The molecule has 3 aliphatic heterocycles. The van der Waals surface area contributed by atoms with Gasteiger partial charge in [-0.2, -0.15) is 0 Å². The van der Waals surface area contributed by atoms with Gasteiger partial charge in [-0.15, -0.1) is 23.4 Å². The first-order valence-electron chi connectivity index (χ1n) is 12.4. The van der Waals surface area contributed by atoms with Gasteiger partial charge in [-0.25, -0.2) is 0 Å². The minimum Gasteiger partial charge on any atom is -0.497 e. The number of carbonyl (C=O) groups is 1. The number of aliphatic hydroxyl groups is 3. The summed E-state index contributed by atoms with van der Waals surface area (Å²) in [5, 5.41) is 36.8. The summed E-state index contributed by atoms with van der Waals surface area (Å²) in [6, 6.07) is 6.75. The van der Waals surface area contributed by atoms with Crippen molar-refractivity contribution in [3.05, 3.63) is 29.8 Å². The molecular weight excluding hydrogens is 508 g/mol. The third-order valence-electron chi connectivity index (χ3n) is 7.62. The van der Waals surface area contributed by atoms with Crippen LogP contribution in [0.4, 0.5) is 0 Å². The summed E-state index contributed by atoms with van der Waals surface area (Å²) >= 11 is 7.64. The fraction of sp³-hybridized carbons (Fsp3) is 0.720. The van der Waals surface area contributed by atoms with E-state index in [0.717, 1.165) is 18.6 Å². The van der Waals surface area contributed by atoms with Crippen LogP contribution in [0.5, 0.6) is 5.75 Å². The van der Waals surface area contributed by atoms with Gasteiger partial charge in [0.25, 0.3) is 0 Å². The Labute approximate surface area is 221 Å². The number of amides is 1. The maximum absolute atomic E-state index is 13.4. The van der Waals surface area contributed by atoms with Gasteiger partial charge in [0, 0.05) is 19.1 Å². The van der Waals surface area contributed by atoms with Crippen LogP contribution in [0.3, 0.4) is 0 Å². The van der Waals surface area contributed by atoms with Crippen molar-refractivity contribution in [1.29, 1.82) is 0 Å². The van der Waals surface area contributed by atoms with Crippen LogP contribution in [-0.2, 0) is 14.3 Å². The molecule has 11 heteroatoms. The zero-order valence-corrected chi connectivity index (χ0v) is 22.3. The van der Waals surface area contributed by atoms with E-state index in [9.17, 15) is 20.1 Å². The number of alkyl halides is 1. The summed E-state index contributed by atoms with van der Waals surface area (Å²) in [5.41, 5.74) is 0.480. The zero-order chi connectivity index (χ0) is 26.0. The molecule has 0 aromatic heterocycles. The Balaban J connectivity index is 1.43. The highest BCUT2D eigenvalue weighted by Gasteiger charge is 2.49. The first-order valence-corrected chi connectivity index (χ1v) is 14.1. The van der Waals surface area contributed by atoms with Gasteiger partial charge in [-0.3, -0.25) is 4.79 Å². The third-order valence-corrected chi connectivity index (χ3v) is 8.75. The summed E-state index contributed by atoms with van der Waals surface area (Å²) in [6.07, 6.45) is -1.84. The van der Waals surface area contributed by atoms with E-state index in [-0.39, 0.29) is 17.9 Å². The summed E-state index contributed by atoms with van der Waals surface area (Å²) in [5.74, 6) is 1.02. The van der Waals surface area contributed by atoms with E-state index in [1.165, 1.54) is 17.3 Å². The second-order valence-electron chi connectivity index (χ2n) is 9.86. The van der Waals surface area contributed by atoms with E-state index < -0.39 is 47.3 Å². The van der Waals surface area contributed by atoms with Crippen molar-refractivity contribution in [2.24, 2.45) is 5.92 Å². The molecule has 1 amide bonds. The molecule has 3 fully saturated rings. The van der Waals surface area contributed by atoms with Crippen molar-refractivity contribution in [2.45, 2.75) is 79.1 Å². The van der Waals surface area contributed by atoms with Crippen LogP contribution in [0.15, 0.2) is 24.3 Å². The number of methoxy groups -OCH3 is 1. The fourth-order valence-electron chi connectivity index (χ4n) is 5.56. The quantitative estimate of drug-likeness (QED) is 0.317. The molecule has 0 spiro atoms. The Bertz CT molecular complexity index is 876.